The maximum Gasteiger partial charge on any atom is 0.223 e. The van der Waals surface area contributed by atoms with E-state index in [0.29, 0.717) is 13.0 Å². The molecular weight excluding hydrogens is 303 g/mol. The summed E-state index contributed by atoms with van der Waals surface area (Å²) >= 11 is 0. The normalized spacial score (nSPS) is 12.2. The molecule has 2 aromatic carbocycles. The van der Waals surface area contributed by atoms with Crippen molar-refractivity contribution >= 4 is 5.91 Å². The Hall–Kier alpha value is -2.20. The van der Waals surface area contributed by atoms with Crippen molar-refractivity contribution in [2.24, 2.45) is 5.92 Å². The minimum Gasteiger partial charge on any atom is -0.352 e. The monoisotopic (exact) mass is 328 g/mol. The fourth-order valence-corrected chi connectivity index (χ4v) is 2.68. The van der Waals surface area contributed by atoms with E-state index in [9.17, 15) is 9.18 Å². The molecule has 128 valence electrons. The molecule has 4 heteroatoms. The third-order valence-electron chi connectivity index (χ3n) is 3.84. The van der Waals surface area contributed by atoms with Crippen LogP contribution in [0.15, 0.2) is 48.5 Å². The Morgan fingerprint density at radius 3 is 2.46 bits per heavy atom. The number of benzene rings is 2. The second-order valence-electron chi connectivity index (χ2n) is 6.51. The molecule has 24 heavy (non-hydrogen) atoms. The van der Waals surface area contributed by atoms with Gasteiger partial charge in [0, 0.05) is 19.0 Å². The predicted molar refractivity (Wildman–Crippen MR) is 94.9 cm³/mol. The molecule has 0 fully saturated rings. The van der Waals surface area contributed by atoms with Crippen molar-refractivity contribution in [3.63, 3.8) is 0 Å². The molecule has 2 aromatic rings. The first-order chi connectivity index (χ1) is 11.4. The zero-order valence-corrected chi connectivity index (χ0v) is 14.6. The van der Waals surface area contributed by atoms with Crippen LogP contribution >= 0.6 is 0 Å². The molecule has 0 aliphatic rings. The molecule has 0 aliphatic heterocycles. The number of amides is 1. The van der Waals surface area contributed by atoms with Gasteiger partial charge in [-0.25, -0.2) is 4.39 Å². The number of carbonyl (C=O) groups excluding carboxylic acids is 1. The van der Waals surface area contributed by atoms with Crippen LogP contribution < -0.4 is 5.32 Å². The molecule has 0 aliphatic carbocycles. The van der Waals surface area contributed by atoms with Gasteiger partial charge in [0.2, 0.25) is 5.91 Å². The van der Waals surface area contributed by atoms with E-state index in [2.05, 4.69) is 22.3 Å². The summed E-state index contributed by atoms with van der Waals surface area (Å²) < 4.78 is 13.2. The number of hydrogen-bond acceptors (Lipinski definition) is 2. The van der Waals surface area contributed by atoms with Gasteiger partial charge in [0.1, 0.15) is 5.82 Å². The molecule has 0 aromatic heterocycles. The first kappa shape index (κ1) is 18.1. The summed E-state index contributed by atoms with van der Waals surface area (Å²) in [7, 11) is 4.06. The van der Waals surface area contributed by atoms with E-state index in [1.807, 2.05) is 39.2 Å². The van der Waals surface area contributed by atoms with E-state index in [4.69, 9.17) is 0 Å². The lowest BCUT2D eigenvalue weighted by Crippen LogP contribution is -2.29. The Labute approximate surface area is 143 Å². The molecule has 0 heterocycles. The highest BCUT2D eigenvalue weighted by molar-refractivity contribution is 5.78. The molecule has 1 unspecified atom stereocenters. The van der Waals surface area contributed by atoms with E-state index in [1.165, 1.54) is 17.7 Å². The Morgan fingerprint density at radius 2 is 1.75 bits per heavy atom. The molecule has 1 amide bonds. The fourth-order valence-electron chi connectivity index (χ4n) is 2.68. The highest BCUT2D eigenvalue weighted by Crippen LogP contribution is 2.11. The van der Waals surface area contributed by atoms with Crippen molar-refractivity contribution in [1.82, 2.24) is 10.2 Å². The largest absolute Gasteiger partial charge is 0.352 e. The highest BCUT2D eigenvalue weighted by Gasteiger charge is 2.13. The summed E-state index contributed by atoms with van der Waals surface area (Å²) in [4.78, 5) is 14.4. The van der Waals surface area contributed by atoms with Crippen molar-refractivity contribution in [2.45, 2.75) is 26.4 Å². The molecule has 2 rings (SSSR count). The Morgan fingerprint density at radius 1 is 1.08 bits per heavy atom. The second kappa shape index (κ2) is 8.60. The zero-order chi connectivity index (χ0) is 17.5. The van der Waals surface area contributed by atoms with Crippen LogP contribution in [0.3, 0.4) is 0 Å². The molecule has 0 saturated carbocycles. The first-order valence-corrected chi connectivity index (χ1v) is 8.18. The maximum atomic E-state index is 13.2. The van der Waals surface area contributed by atoms with Gasteiger partial charge in [-0.3, -0.25) is 4.79 Å². The predicted octanol–water partition coefficient (Wildman–Crippen LogP) is 3.38. The van der Waals surface area contributed by atoms with E-state index in [1.54, 1.807) is 6.07 Å². The van der Waals surface area contributed by atoms with Gasteiger partial charge in [-0.2, -0.15) is 0 Å². The summed E-state index contributed by atoms with van der Waals surface area (Å²) in [5, 5.41) is 2.97. The molecule has 0 spiro atoms. The van der Waals surface area contributed by atoms with Gasteiger partial charge in [-0.05, 0) is 49.3 Å². The van der Waals surface area contributed by atoms with Crippen LogP contribution in [-0.4, -0.2) is 24.9 Å². The molecule has 1 N–H and O–H groups in total. The van der Waals surface area contributed by atoms with Gasteiger partial charge in [0.25, 0.3) is 0 Å². The first-order valence-electron chi connectivity index (χ1n) is 8.18. The SMILES string of the molecule is CC(Cc1cccc(F)c1)C(=O)NCc1cccc(CN(C)C)c1. The highest BCUT2D eigenvalue weighted by atomic mass is 19.1. The van der Waals surface area contributed by atoms with Crippen molar-refractivity contribution in [1.29, 1.82) is 0 Å². The van der Waals surface area contributed by atoms with E-state index < -0.39 is 0 Å². The van der Waals surface area contributed by atoms with Crippen LogP contribution in [0.2, 0.25) is 0 Å². The number of nitrogens with zero attached hydrogens (tertiary/aromatic N) is 1. The Kier molecular flexibility index (Phi) is 6.50. The smallest absolute Gasteiger partial charge is 0.223 e. The lowest BCUT2D eigenvalue weighted by molar-refractivity contribution is -0.124. The second-order valence-corrected chi connectivity index (χ2v) is 6.51. The van der Waals surface area contributed by atoms with Crippen molar-refractivity contribution in [3.8, 4) is 0 Å². The topological polar surface area (TPSA) is 32.3 Å². The average molecular weight is 328 g/mol. The lowest BCUT2D eigenvalue weighted by Gasteiger charge is -2.14. The minimum absolute atomic E-state index is 0.0164. The molecule has 3 nitrogen and oxygen atoms in total. The number of rotatable bonds is 7. The van der Waals surface area contributed by atoms with Crippen LogP contribution in [0.1, 0.15) is 23.6 Å². The maximum absolute atomic E-state index is 13.2. The summed E-state index contributed by atoms with van der Waals surface area (Å²) in [6.07, 6.45) is 0.532. The number of carbonyl (C=O) groups is 1. The van der Waals surface area contributed by atoms with Crippen molar-refractivity contribution in [2.75, 3.05) is 14.1 Å². The van der Waals surface area contributed by atoms with Crippen molar-refractivity contribution < 1.29 is 9.18 Å². The minimum atomic E-state index is -0.266. The van der Waals surface area contributed by atoms with Crippen LogP contribution in [0.5, 0.6) is 0 Å². The van der Waals surface area contributed by atoms with Crippen LogP contribution in [0, 0.1) is 11.7 Å². The van der Waals surface area contributed by atoms with E-state index in [0.717, 1.165) is 17.7 Å². The van der Waals surface area contributed by atoms with Gasteiger partial charge in [-0.1, -0.05) is 43.3 Å². The van der Waals surface area contributed by atoms with Gasteiger partial charge < -0.3 is 10.2 Å². The van der Waals surface area contributed by atoms with Crippen LogP contribution in [-0.2, 0) is 24.3 Å². The van der Waals surface area contributed by atoms with E-state index >= 15 is 0 Å². The fraction of sp³-hybridized carbons (Fsp3) is 0.350. The molecule has 0 bridgehead atoms. The number of nitrogens with one attached hydrogen (secondary N) is 1. The standard InChI is InChI=1S/C20H25FN2O/c1-15(10-16-6-5-9-19(21)12-16)20(24)22-13-17-7-4-8-18(11-17)14-23(2)3/h4-9,11-12,15H,10,13-14H2,1-3H3,(H,22,24). The third kappa shape index (κ3) is 5.78. The Balaban J connectivity index is 1.88. The van der Waals surface area contributed by atoms with E-state index in [-0.39, 0.29) is 17.6 Å². The third-order valence-corrected chi connectivity index (χ3v) is 3.84. The molecule has 0 saturated heterocycles. The average Bonchev–Trinajstić information content (AvgIpc) is 2.52. The summed E-state index contributed by atoms with van der Waals surface area (Å²) in [6, 6.07) is 14.6. The number of hydrogen-bond donors (Lipinski definition) is 1. The lowest BCUT2D eigenvalue weighted by atomic mass is 10.00. The summed E-state index contributed by atoms with van der Waals surface area (Å²) in [5.74, 6) is -0.480. The zero-order valence-electron chi connectivity index (χ0n) is 14.6. The van der Waals surface area contributed by atoms with Gasteiger partial charge >= 0.3 is 0 Å². The van der Waals surface area contributed by atoms with Gasteiger partial charge in [0.05, 0.1) is 0 Å². The molecule has 0 radical (unpaired) electrons. The summed E-state index contributed by atoms with van der Waals surface area (Å²) in [6.45, 7) is 3.24. The molecule has 1 atom stereocenters. The number of halogens is 1. The van der Waals surface area contributed by atoms with Crippen molar-refractivity contribution in [3.05, 3.63) is 71.0 Å². The van der Waals surface area contributed by atoms with Gasteiger partial charge in [0.15, 0.2) is 0 Å². The quantitative estimate of drug-likeness (QED) is 0.845. The van der Waals surface area contributed by atoms with Crippen LogP contribution in [0.25, 0.3) is 0 Å². The summed E-state index contributed by atoms with van der Waals surface area (Å²) in [5.41, 5.74) is 3.14. The van der Waals surface area contributed by atoms with Gasteiger partial charge in [-0.15, -0.1) is 0 Å². The molecular formula is C20H25FN2O. The van der Waals surface area contributed by atoms with Crippen LogP contribution in [0.4, 0.5) is 4.39 Å². The Bertz CT molecular complexity index is 685.